The third-order valence-corrected chi connectivity index (χ3v) is 6.04. The maximum Gasteiger partial charge on any atom is 0.276 e. The van der Waals surface area contributed by atoms with Crippen LogP contribution < -0.4 is 9.57 Å². The lowest BCUT2D eigenvalue weighted by Gasteiger charge is -2.08. The van der Waals surface area contributed by atoms with Crippen LogP contribution in [0.2, 0.25) is 15.1 Å². The minimum absolute atomic E-state index is 0.0551. The highest BCUT2D eigenvalue weighted by atomic mass is 79.9. The average Bonchev–Trinajstić information content (AvgIpc) is 3.09. The van der Waals surface area contributed by atoms with Gasteiger partial charge in [-0.2, -0.15) is 18.4 Å². The molecule has 0 aliphatic rings. The van der Waals surface area contributed by atoms with E-state index in [9.17, 15) is 8.42 Å². The number of furan rings is 1. The van der Waals surface area contributed by atoms with E-state index >= 15 is 0 Å². The summed E-state index contributed by atoms with van der Waals surface area (Å²) >= 11 is 21.2. The van der Waals surface area contributed by atoms with E-state index in [-0.39, 0.29) is 27.3 Å². The van der Waals surface area contributed by atoms with Crippen LogP contribution >= 0.6 is 50.7 Å². The Balaban J connectivity index is 1.61. The molecule has 0 radical (unpaired) electrons. The Morgan fingerprint density at radius 2 is 1.72 bits per heavy atom. The topological polar surface area (TPSA) is 80.9 Å². The molecule has 1 N–H and O–H groups in total. The van der Waals surface area contributed by atoms with Crippen molar-refractivity contribution < 1.29 is 17.6 Å². The van der Waals surface area contributed by atoms with E-state index < -0.39 is 10.0 Å². The van der Waals surface area contributed by atoms with Gasteiger partial charge < -0.3 is 9.15 Å². The molecular weight excluding hydrogens is 527 g/mol. The molecule has 1 aromatic heterocycles. The van der Waals surface area contributed by atoms with Crippen molar-refractivity contribution in [1.82, 2.24) is 4.83 Å². The lowest BCUT2D eigenvalue weighted by molar-refractivity contribution is 0.270. The molecule has 152 valence electrons. The van der Waals surface area contributed by atoms with E-state index in [0.717, 1.165) is 4.47 Å². The first kappa shape index (κ1) is 22.0. The van der Waals surface area contributed by atoms with Crippen molar-refractivity contribution in [3.8, 4) is 5.75 Å². The molecule has 1 heterocycles. The largest absolute Gasteiger partial charge is 0.483 e. The van der Waals surface area contributed by atoms with Gasteiger partial charge in [0, 0.05) is 9.50 Å². The maximum atomic E-state index is 12.2. The van der Waals surface area contributed by atoms with Gasteiger partial charge in [0.2, 0.25) is 0 Å². The molecule has 11 heteroatoms. The summed E-state index contributed by atoms with van der Waals surface area (Å²) in [4.78, 5) is 2.20. The fourth-order valence-electron chi connectivity index (χ4n) is 2.18. The molecule has 3 rings (SSSR count). The molecular formula is C18H12BrCl3N2O4S. The number of hydrogen-bond acceptors (Lipinski definition) is 5. The van der Waals surface area contributed by atoms with Gasteiger partial charge in [0.1, 0.15) is 18.1 Å². The predicted molar refractivity (Wildman–Crippen MR) is 117 cm³/mol. The third kappa shape index (κ3) is 5.90. The van der Waals surface area contributed by atoms with E-state index in [1.54, 1.807) is 24.3 Å². The van der Waals surface area contributed by atoms with Crippen molar-refractivity contribution in [2.45, 2.75) is 11.5 Å². The Kier molecular flexibility index (Phi) is 7.13. The van der Waals surface area contributed by atoms with Gasteiger partial charge in [-0.15, -0.1) is 0 Å². The van der Waals surface area contributed by atoms with Gasteiger partial charge in [0.05, 0.1) is 21.2 Å². The maximum absolute atomic E-state index is 12.2. The molecule has 0 saturated carbocycles. The average molecular weight is 539 g/mol. The molecule has 0 fully saturated rings. The van der Waals surface area contributed by atoms with Gasteiger partial charge in [-0.1, -0.05) is 50.7 Å². The summed E-state index contributed by atoms with van der Waals surface area (Å²) in [7, 11) is -3.77. The van der Waals surface area contributed by atoms with Crippen molar-refractivity contribution in [3.05, 3.63) is 79.6 Å². The number of rotatable bonds is 7. The number of benzene rings is 2. The summed E-state index contributed by atoms with van der Waals surface area (Å²) in [6.07, 6.45) is 1.24. The van der Waals surface area contributed by atoms with E-state index in [1.165, 1.54) is 30.5 Å². The Morgan fingerprint density at radius 3 is 2.38 bits per heavy atom. The molecule has 0 amide bonds. The Labute approximate surface area is 190 Å². The number of hydrogen-bond donors (Lipinski definition) is 1. The highest BCUT2D eigenvalue weighted by Gasteiger charge is 2.13. The van der Waals surface area contributed by atoms with E-state index in [4.69, 9.17) is 44.0 Å². The molecule has 0 unspecified atom stereocenters. The SMILES string of the molecule is O=S(=O)(NN=Cc1ccc(COc2c(Cl)cc(Cl)cc2Cl)o1)c1ccc(Br)cc1. The van der Waals surface area contributed by atoms with Crippen LogP contribution in [0.1, 0.15) is 11.5 Å². The second-order valence-corrected chi connectivity index (χ2v) is 9.43. The van der Waals surface area contributed by atoms with Crippen molar-refractivity contribution in [2.75, 3.05) is 0 Å². The monoisotopic (exact) mass is 536 g/mol. The van der Waals surface area contributed by atoms with Gasteiger partial charge >= 0.3 is 0 Å². The molecule has 0 atom stereocenters. The summed E-state index contributed by atoms with van der Waals surface area (Å²) in [6, 6.07) is 12.5. The van der Waals surface area contributed by atoms with Crippen LogP contribution in [0, 0.1) is 0 Å². The predicted octanol–water partition coefficient (Wildman–Crippen LogP) is 5.89. The molecule has 6 nitrogen and oxygen atoms in total. The summed E-state index contributed by atoms with van der Waals surface area (Å²) in [6.45, 7) is 0.0551. The lowest BCUT2D eigenvalue weighted by atomic mass is 10.3. The van der Waals surface area contributed by atoms with Crippen LogP contribution in [0.25, 0.3) is 0 Å². The number of hydrazone groups is 1. The van der Waals surface area contributed by atoms with Gasteiger partial charge in [-0.25, -0.2) is 0 Å². The molecule has 2 aromatic carbocycles. The Hall–Kier alpha value is -1.71. The number of sulfonamides is 1. The quantitative estimate of drug-likeness (QED) is 0.300. The summed E-state index contributed by atoms with van der Waals surface area (Å²) < 4.78 is 36.2. The Morgan fingerprint density at radius 1 is 1.07 bits per heavy atom. The standard InChI is InChI=1S/C18H12BrCl3N2O4S/c19-11-1-5-15(6-2-11)29(25,26)24-23-9-13-3-4-14(28-13)10-27-18-16(21)7-12(20)8-17(18)22/h1-9,24H,10H2. The molecule has 0 spiro atoms. The number of halogens is 4. The summed E-state index contributed by atoms with van der Waals surface area (Å²) in [5.41, 5.74) is 0. The Bertz CT molecular complexity index is 1130. The van der Waals surface area contributed by atoms with Crippen molar-refractivity contribution >= 4 is 67.0 Å². The minimum atomic E-state index is -3.77. The van der Waals surface area contributed by atoms with Crippen LogP contribution in [0.5, 0.6) is 5.75 Å². The third-order valence-electron chi connectivity index (χ3n) is 3.49. The molecule has 0 saturated heterocycles. The van der Waals surface area contributed by atoms with Gasteiger partial charge in [-0.3, -0.25) is 0 Å². The van der Waals surface area contributed by atoms with Crippen molar-refractivity contribution in [2.24, 2.45) is 5.10 Å². The normalized spacial score (nSPS) is 11.7. The van der Waals surface area contributed by atoms with E-state index in [1.807, 2.05) is 0 Å². The number of nitrogens with one attached hydrogen (secondary N) is 1. The first-order chi connectivity index (χ1) is 13.7. The molecule has 0 aliphatic heterocycles. The molecule has 29 heavy (non-hydrogen) atoms. The fraction of sp³-hybridized carbons (Fsp3) is 0.0556. The van der Waals surface area contributed by atoms with Gasteiger partial charge in [-0.05, 0) is 48.5 Å². The van der Waals surface area contributed by atoms with Gasteiger partial charge in [0.15, 0.2) is 5.75 Å². The minimum Gasteiger partial charge on any atom is -0.483 e. The van der Waals surface area contributed by atoms with Crippen LogP contribution in [-0.2, 0) is 16.6 Å². The van der Waals surface area contributed by atoms with Crippen molar-refractivity contribution in [1.29, 1.82) is 0 Å². The second kappa shape index (κ2) is 9.40. The van der Waals surface area contributed by atoms with E-state index in [2.05, 4.69) is 25.9 Å². The van der Waals surface area contributed by atoms with Crippen LogP contribution in [0.15, 0.2) is 67.4 Å². The number of nitrogens with zero attached hydrogens (tertiary/aromatic N) is 1. The summed E-state index contributed by atoms with van der Waals surface area (Å²) in [5, 5.41) is 4.67. The number of ether oxygens (including phenoxy) is 1. The molecule has 3 aromatic rings. The molecule has 0 bridgehead atoms. The highest BCUT2D eigenvalue weighted by Crippen LogP contribution is 2.36. The summed E-state index contributed by atoms with van der Waals surface area (Å²) in [5.74, 6) is 1.08. The van der Waals surface area contributed by atoms with E-state index in [0.29, 0.717) is 16.5 Å². The zero-order valence-corrected chi connectivity index (χ0v) is 19.1. The van der Waals surface area contributed by atoms with Crippen molar-refractivity contribution in [3.63, 3.8) is 0 Å². The van der Waals surface area contributed by atoms with Crippen LogP contribution in [0.4, 0.5) is 0 Å². The first-order valence-corrected chi connectivity index (χ1v) is 11.3. The zero-order chi connectivity index (χ0) is 21.0. The molecule has 0 aliphatic carbocycles. The lowest BCUT2D eigenvalue weighted by Crippen LogP contribution is -2.18. The first-order valence-electron chi connectivity index (χ1n) is 7.91. The van der Waals surface area contributed by atoms with Crippen LogP contribution in [0.3, 0.4) is 0 Å². The van der Waals surface area contributed by atoms with Gasteiger partial charge in [0.25, 0.3) is 10.0 Å². The second-order valence-electron chi connectivity index (χ2n) is 5.60. The van der Waals surface area contributed by atoms with Crippen LogP contribution in [-0.4, -0.2) is 14.6 Å². The fourth-order valence-corrected chi connectivity index (χ4v) is 4.16. The smallest absolute Gasteiger partial charge is 0.276 e. The highest BCUT2D eigenvalue weighted by molar-refractivity contribution is 9.10. The zero-order valence-electron chi connectivity index (χ0n) is 14.4.